The number of nitrogens with zero attached hydrogens (tertiary/aromatic N) is 1. The van der Waals surface area contributed by atoms with Gasteiger partial charge in [-0.05, 0) is 47.5 Å². The zero-order chi connectivity index (χ0) is 20.7. The van der Waals surface area contributed by atoms with Crippen molar-refractivity contribution in [3.63, 3.8) is 0 Å². The van der Waals surface area contributed by atoms with E-state index in [1.54, 1.807) is 25.3 Å². The summed E-state index contributed by atoms with van der Waals surface area (Å²) in [4.78, 5) is 0. The van der Waals surface area contributed by atoms with Crippen molar-refractivity contribution in [3.8, 4) is 11.5 Å². The predicted octanol–water partition coefficient (Wildman–Crippen LogP) is 5.74. The minimum atomic E-state index is -4.40. The molecule has 150 valence electrons. The molecule has 0 aliphatic heterocycles. The summed E-state index contributed by atoms with van der Waals surface area (Å²) in [6, 6.07) is 19.8. The van der Waals surface area contributed by atoms with E-state index in [1.165, 1.54) is 18.3 Å². The first-order valence-electron chi connectivity index (χ1n) is 8.77. The molecule has 3 aromatic carbocycles. The van der Waals surface area contributed by atoms with Gasteiger partial charge in [0.05, 0.1) is 24.6 Å². The first-order valence-corrected chi connectivity index (χ1v) is 8.77. The van der Waals surface area contributed by atoms with Crippen LogP contribution >= 0.6 is 0 Å². The van der Waals surface area contributed by atoms with Crippen molar-refractivity contribution < 1.29 is 22.6 Å². The first kappa shape index (κ1) is 20.3. The van der Waals surface area contributed by atoms with E-state index in [1.807, 2.05) is 30.3 Å². The number of hydrazone groups is 1. The van der Waals surface area contributed by atoms with Gasteiger partial charge in [0.15, 0.2) is 11.5 Å². The third kappa shape index (κ3) is 5.75. The lowest BCUT2D eigenvalue weighted by atomic mass is 10.2. The smallest absolute Gasteiger partial charge is 0.416 e. The van der Waals surface area contributed by atoms with Crippen LogP contribution in [0.2, 0.25) is 0 Å². The van der Waals surface area contributed by atoms with Gasteiger partial charge in [0.25, 0.3) is 0 Å². The van der Waals surface area contributed by atoms with E-state index in [0.717, 1.165) is 17.7 Å². The van der Waals surface area contributed by atoms with E-state index < -0.39 is 11.7 Å². The van der Waals surface area contributed by atoms with Crippen molar-refractivity contribution in [3.05, 3.63) is 89.5 Å². The van der Waals surface area contributed by atoms with Crippen molar-refractivity contribution in [2.75, 3.05) is 12.5 Å². The van der Waals surface area contributed by atoms with Gasteiger partial charge in [-0.3, -0.25) is 5.43 Å². The number of benzene rings is 3. The molecule has 0 unspecified atom stereocenters. The molecular weight excluding hydrogens is 381 g/mol. The third-order valence-corrected chi connectivity index (χ3v) is 4.02. The van der Waals surface area contributed by atoms with Gasteiger partial charge in [-0.2, -0.15) is 18.3 Å². The molecule has 0 bridgehead atoms. The Morgan fingerprint density at radius 1 is 0.931 bits per heavy atom. The number of ether oxygens (including phenoxy) is 2. The van der Waals surface area contributed by atoms with Crippen LogP contribution in [0.4, 0.5) is 18.9 Å². The quantitative estimate of drug-likeness (QED) is 0.406. The Balaban J connectivity index is 1.69. The van der Waals surface area contributed by atoms with Crippen LogP contribution in [0.25, 0.3) is 0 Å². The molecule has 0 aliphatic rings. The Morgan fingerprint density at radius 2 is 1.72 bits per heavy atom. The maximum absolute atomic E-state index is 12.8. The Kier molecular flexibility index (Phi) is 6.39. The second kappa shape index (κ2) is 9.14. The highest BCUT2D eigenvalue weighted by atomic mass is 19.4. The van der Waals surface area contributed by atoms with Crippen molar-refractivity contribution in [2.24, 2.45) is 5.10 Å². The lowest BCUT2D eigenvalue weighted by molar-refractivity contribution is -0.137. The van der Waals surface area contributed by atoms with Crippen molar-refractivity contribution >= 4 is 11.9 Å². The molecule has 0 spiro atoms. The monoisotopic (exact) mass is 400 g/mol. The van der Waals surface area contributed by atoms with Crippen LogP contribution in [0.5, 0.6) is 11.5 Å². The van der Waals surface area contributed by atoms with Gasteiger partial charge >= 0.3 is 6.18 Å². The minimum absolute atomic E-state index is 0.241. The second-order valence-electron chi connectivity index (χ2n) is 6.13. The van der Waals surface area contributed by atoms with E-state index in [2.05, 4.69) is 10.5 Å². The van der Waals surface area contributed by atoms with Gasteiger partial charge in [-0.15, -0.1) is 0 Å². The molecule has 3 aromatic rings. The zero-order valence-electron chi connectivity index (χ0n) is 15.6. The fraction of sp³-hybridized carbons (Fsp3) is 0.136. The number of rotatable bonds is 7. The normalized spacial score (nSPS) is 11.4. The molecule has 0 saturated heterocycles. The average Bonchev–Trinajstić information content (AvgIpc) is 2.73. The van der Waals surface area contributed by atoms with Gasteiger partial charge in [-0.25, -0.2) is 0 Å². The van der Waals surface area contributed by atoms with Crippen LogP contribution in [0.3, 0.4) is 0 Å². The summed E-state index contributed by atoms with van der Waals surface area (Å²) in [6.45, 7) is 0.375. The molecule has 7 heteroatoms. The minimum Gasteiger partial charge on any atom is -0.493 e. The summed E-state index contributed by atoms with van der Waals surface area (Å²) in [5, 5.41) is 4.01. The molecule has 1 N–H and O–H groups in total. The van der Waals surface area contributed by atoms with Crippen molar-refractivity contribution in [1.29, 1.82) is 0 Å². The van der Waals surface area contributed by atoms with Gasteiger partial charge < -0.3 is 9.47 Å². The van der Waals surface area contributed by atoms with E-state index in [0.29, 0.717) is 23.7 Å². The highest BCUT2D eigenvalue weighted by Gasteiger charge is 2.30. The fourth-order valence-electron chi connectivity index (χ4n) is 2.57. The van der Waals surface area contributed by atoms with E-state index in [4.69, 9.17) is 9.47 Å². The van der Waals surface area contributed by atoms with E-state index in [-0.39, 0.29) is 5.69 Å². The summed E-state index contributed by atoms with van der Waals surface area (Å²) < 4.78 is 49.5. The molecule has 0 fully saturated rings. The molecule has 4 nitrogen and oxygen atoms in total. The van der Waals surface area contributed by atoms with Crippen LogP contribution < -0.4 is 14.9 Å². The maximum atomic E-state index is 12.8. The molecule has 0 atom stereocenters. The molecule has 29 heavy (non-hydrogen) atoms. The SMILES string of the molecule is COc1ccc(C=NNc2cccc(C(F)(F)F)c2)cc1OCc1ccccc1. The summed E-state index contributed by atoms with van der Waals surface area (Å²) in [6.07, 6.45) is -2.91. The van der Waals surface area contributed by atoms with E-state index >= 15 is 0 Å². The summed E-state index contributed by atoms with van der Waals surface area (Å²) >= 11 is 0. The topological polar surface area (TPSA) is 42.8 Å². The van der Waals surface area contributed by atoms with Crippen LogP contribution in [0.1, 0.15) is 16.7 Å². The number of anilines is 1. The third-order valence-electron chi connectivity index (χ3n) is 4.02. The Morgan fingerprint density at radius 3 is 2.45 bits per heavy atom. The number of methoxy groups -OCH3 is 1. The standard InChI is InChI=1S/C22H19F3N2O2/c1-28-20-11-10-17(12-21(20)29-15-16-6-3-2-4-7-16)14-26-27-19-9-5-8-18(13-19)22(23,24)25/h2-14,27H,15H2,1H3. The van der Waals surface area contributed by atoms with Crippen molar-refractivity contribution in [2.45, 2.75) is 12.8 Å². The zero-order valence-corrected chi connectivity index (χ0v) is 15.6. The van der Waals surface area contributed by atoms with E-state index in [9.17, 15) is 13.2 Å². The Bertz CT molecular complexity index is 973. The average molecular weight is 400 g/mol. The molecule has 0 heterocycles. The number of hydrogen-bond acceptors (Lipinski definition) is 4. The summed E-state index contributed by atoms with van der Waals surface area (Å²) in [7, 11) is 1.55. The molecule has 0 saturated carbocycles. The fourth-order valence-corrected chi connectivity index (χ4v) is 2.57. The maximum Gasteiger partial charge on any atom is 0.416 e. The molecule has 0 radical (unpaired) electrons. The van der Waals surface area contributed by atoms with Gasteiger partial charge in [0, 0.05) is 0 Å². The molecule has 0 amide bonds. The summed E-state index contributed by atoms with van der Waals surface area (Å²) in [5.74, 6) is 1.11. The van der Waals surface area contributed by atoms with Crippen LogP contribution in [0, 0.1) is 0 Å². The van der Waals surface area contributed by atoms with Crippen molar-refractivity contribution in [1.82, 2.24) is 0 Å². The molecule has 3 rings (SSSR count). The molecular formula is C22H19F3N2O2. The number of hydrogen-bond donors (Lipinski definition) is 1. The number of nitrogens with one attached hydrogen (secondary N) is 1. The van der Waals surface area contributed by atoms with Gasteiger partial charge in [0.1, 0.15) is 6.61 Å². The van der Waals surface area contributed by atoms with Crippen LogP contribution in [-0.4, -0.2) is 13.3 Å². The van der Waals surface area contributed by atoms with Crippen LogP contribution in [0.15, 0.2) is 77.9 Å². The highest BCUT2D eigenvalue weighted by molar-refractivity contribution is 5.81. The number of halogens is 3. The lowest BCUT2D eigenvalue weighted by Crippen LogP contribution is -2.05. The molecule has 0 aromatic heterocycles. The molecule has 0 aliphatic carbocycles. The first-order chi connectivity index (χ1) is 14.0. The Labute approximate surface area is 166 Å². The second-order valence-corrected chi connectivity index (χ2v) is 6.13. The largest absolute Gasteiger partial charge is 0.493 e. The van der Waals surface area contributed by atoms with Gasteiger partial charge in [0.2, 0.25) is 0 Å². The highest BCUT2D eigenvalue weighted by Crippen LogP contribution is 2.31. The number of alkyl halides is 3. The summed E-state index contributed by atoms with van der Waals surface area (Å²) in [5.41, 5.74) is 3.83. The Hall–Kier alpha value is -3.48. The lowest BCUT2D eigenvalue weighted by Gasteiger charge is -2.11. The predicted molar refractivity (Wildman–Crippen MR) is 106 cm³/mol. The van der Waals surface area contributed by atoms with Gasteiger partial charge in [-0.1, -0.05) is 36.4 Å². The van der Waals surface area contributed by atoms with Crippen LogP contribution in [-0.2, 0) is 12.8 Å².